The first-order valence-corrected chi connectivity index (χ1v) is 12.4. The number of aromatic nitrogens is 1. The lowest BCUT2D eigenvalue weighted by atomic mass is 9.74. The minimum Gasteiger partial charge on any atom is -0.266 e. The van der Waals surface area contributed by atoms with Gasteiger partial charge in [0.1, 0.15) is 4.88 Å². The van der Waals surface area contributed by atoms with Crippen LogP contribution < -0.4 is 0 Å². The first kappa shape index (κ1) is 18.9. The third-order valence-corrected chi connectivity index (χ3v) is 8.29. The fourth-order valence-electron chi connectivity index (χ4n) is 4.35. The molecule has 3 atom stereocenters. The van der Waals surface area contributed by atoms with Gasteiger partial charge in [-0.2, -0.15) is 5.10 Å². The molecule has 0 spiro atoms. The molecular weight excluding hydrogens is 418 g/mol. The number of amides is 1. The lowest BCUT2D eigenvalue weighted by molar-refractivity contribution is 0.0684. The highest BCUT2D eigenvalue weighted by Crippen LogP contribution is 2.47. The number of thiophene rings is 2. The zero-order valence-electron chi connectivity index (χ0n) is 16.2. The maximum atomic E-state index is 13.5. The Hall–Kier alpha value is -2.09. The fraction of sp³-hybridized carbons (Fsp3) is 0.318. The highest BCUT2D eigenvalue weighted by molar-refractivity contribution is 7.12. The van der Waals surface area contributed by atoms with E-state index < -0.39 is 0 Å². The second-order valence-electron chi connectivity index (χ2n) is 7.70. The predicted molar refractivity (Wildman–Crippen MR) is 122 cm³/mol. The summed E-state index contributed by atoms with van der Waals surface area (Å²) < 4.78 is 0. The average molecular weight is 440 g/mol. The number of carbonyl (C=O) groups is 1. The zero-order valence-corrected chi connectivity index (χ0v) is 18.7. The Morgan fingerprint density at radius 3 is 2.72 bits per heavy atom. The maximum absolute atomic E-state index is 13.5. The van der Waals surface area contributed by atoms with E-state index in [-0.39, 0.29) is 17.9 Å². The number of hydrogen-bond acceptors (Lipinski definition) is 6. The Balaban J connectivity index is 1.60. The summed E-state index contributed by atoms with van der Waals surface area (Å²) in [5.74, 6) is 0.766. The third kappa shape index (κ3) is 3.41. The molecule has 1 fully saturated rings. The van der Waals surface area contributed by atoms with E-state index in [0.717, 1.165) is 24.2 Å². The van der Waals surface area contributed by atoms with Gasteiger partial charge in [-0.25, -0.2) is 9.99 Å². The van der Waals surface area contributed by atoms with Crippen LogP contribution in [0.25, 0.3) is 6.08 Å². The second kappa shape index (κ2) is 7.63. The van der Waals surface area contributed by atoms with E-state index in [0.29, 0.717) is 10.8 Å². The lowest BCUT2D eigenvalue weighted by Gasteiger charge is -2.31. The third-order valence-electron chi connectivity index (χ3n) is 5.61. The molecule has 4 nitrogen and oxygen atoms in total. The summed E-state index contributed by atoms with van der Waals surface area (Å²) >= 11 is 4.85. The lowest BCUT2D eigenvalue weighted by Crippen LogP contribution is -2.32. The maximum Gasteiger partial charge on any atom is 0.286 e. The minimum atomic E-state index is -0.0339. The van der Waals surface area contributed by atoms with Gasteiger partial charge < -0.3 is 0 Å². The molecule has 1 amide bonds. The number of nitrogens with zero attached hydrogens (tertiary/aromatic N) is 3. The molecule has 5 rings (SSSR count). The first-order chi connectivity index (χ1) is 14.1. The first-order valence-electron chi connectivity index (χ1n) is 9.72. The van der Waals surface area contributed by atoms with Crippen LogP contribution in [0.5, 0.6) is 0 Å². The van der Waals surface area contributed by atoms with Crippen LogP contribution in [0, 0.1) is 18.8 Å². The zero-order chi connectivity index (χ0) is 20.0. The van der Waals surface area contributed by atoms with Crippen LogP contribution in [0.15, 0.2) is 51.2 Å². The number of rotatable bonds is 3. The number of carbonyl (C=O) groups excluding carboxylic acids is 1. The number of allylic oxidation sites excluding steroid dienone is 1. The second-order valence-corrected chi connectivity index (χ2v) is 10.5. The Morgan fingerprint density at radius 1 is 1.21 bits per heavy atom. The van der Waals surface area contributed by atoms with Crippen molar-refractivity contribution in [3.05, 3.63) is 66.4 Å². The van der Waals surface area contributed by atoms with Gasteiger partial charge in [-0.05, 0) is 60.2 Å². The number of fused-ring (bicyclic) bond motifs is 1. The molecule has 0 aromatic carbocycles. The van der Waals surface area contributed by atoms with Crippen molar-refractivity contribution in [2.45, 2.75) is 32.7 Å². The van der Waals surface area contributed by atoms with Crippen molar-refractivity contribution in [2.75, 3.05) is 0 Å². The summed E-state index contributed by atoms with van der Waals surface area (Å²) in [7, 11) is 0. The summed E-state index contributed by atoms with van der Waals surface area (Å²) in [5, 5.41) is 10.9. The molecule has 2 aliphatic rings. The van der Waals surface area contributed by atoms with Gasteiger partial charge in [-0.3, -0.25) is 4.79 Å². The van der Waals surface area contributed by atoms with E-state index in [1.807, 2.05) is 6.92 Å². The number of aryl methyl sites for hydroxylation is 1. The highest BCUT2D eigenvalue weighted by atomic mass is 32.1. The molecule has 1 aliphatic heterocycles. The molecule has 0 N–H and O–H groups in total. The average Bonchev–Trinajstić information content (AvgIpc) is 3.48. The minimum absolute atomic E-state index is 0.0338. The molecule has 3 unspecified atom stereocenters. The molecule has 4 heterocycles. The Labute approximate surface area is 182 Å². The summed E-state index contributed by atoms with van der Waals surface area (Å²) in [6, 6.07) is 8.38. The van der Waals surface area contributed by atoms with Crippen LogP contribution in [0.1, 0.15) is 50.9 Å². The molecule has 148 valence electrons. The van der Waals surface area contributed by atoms with Crippen molar-refractivity contribution >= 4 is 51.7 Å². The quantitative estimate of drug-likeness (QED) is 0.484. The van der Waals surface area contributed by atoms with Crippen molar-refractivity contribution in [1.82, 2.24) is 9.99 Å². The molecule has 3 aromatic rings. The Bertz CT molecular complexity index is 1080. The van der Waals surface area contributed by atoms with Gasteiger partial charge in [-0.15, -0.1) is 34.0 Å². The SMILES string of the molecule is Cc1ncsc1C(=O)N1N=C2/C(=C/c3cccs3)CC(C)CC2C1c1cccs1. The van der Waals surface area contributed by atoms with Crippen molar-refractivity contribution in [3.63, 3.8) is 0 Å². The van der Waals surface area contributed by atoms with Crippen LogP contribution >= 0.6 is 34.0 Å². The standard InChI is InChI=1S/C22H21N3OS3/c1-13-9-15(11-16-5-3-7-27-16)19-17(10-13)20(18-6-4-8-28-18)25(24-19)22(26)21-14(2)23-12-29-21/h3-8,11-13,17,20H,9-10H2,1-2H3/b15-11+. The van der Waals surface area contributed by atoms with E-state index in [9.17, 15) is 4.79 Å². The molecule has 29 heavy (non-hydrogen) atoms. The molecule has 0 bridgehead atoms. The Kier molecular flexibility index (Phi) is 4.97. The number of thiazole rings is 1. The van der Waals surface area contributed by atoms with E-state index in [4.69, 9.17) is 5.10 Å². The smallest absolute Gasteiger partial charge is 0.266 e. The summed E-state index contributed by atoms with van der Waals surface area (Å²) in [4.78, 5) is 20.9. The van der Waals surface area contributed by atoms with Crippen LogP contribution in [0.3, 0.4) is 0 Å². The normalized spacial score (nSPS) is 25.3. The van der Waals surface area contributed by atoms with Gasteiger partial charge >= 0.3 is 0 Å². The van der Waals surface area contributed by atoms with Crippen LogP contribution in [-0.2, 0) is 0 Å². The Morgan fingerprint density at radius 2 is 2.03 bits per heavy atom. The molecule has 1 saturated carbocycles. The fourth-order valence-corrected chi connectivity index (χ4v) is 6.64. The highest BCUT2D eigenvalue weighted by Gasteiger charge is 2.46. The van der Waals surface area contributed by atoms with Crippen molar-refractivity contribution < 1.29 is 4.79 Å². The van der Waals surface area contributed by atoms with Crippen molar-refractivity contribution in [3.8, 4) is 0 Å². The predicted octanol–water partition coefficient (Wildman–Crippen LogP) is 6.26. The van der Waals surface area contributed by atoms with E-state index in [2.05, 4.69) is 53.0 Å². The van der Waals surface area contributed by atoms with Gasteiger partial charge in [0.2, 0.25) is 0 Å². The monoisotopic (exact) mass is 439 g/mol. The van der Waals surface area contributed by atoms with Crippen LogP contribution in [0.4, 0.5) is 0 Å². The largest absolute Gasteiger partial charge is 0.286 e. The topological polar surface area (TPSA) is 45.6 Å². The molecule has 3 aromatic heterocycles. The van der Waals surface area contributed by atoms with Gasteiger partial charge in [0, 0.05) is 15.7 Å². The molecule has 0 saturated heterocycles. The van der Waals surface area contributed by atoms with E-state index in [1.165, 1.54) is 26.7 Å². The van der Waals surface area contributed by atoms with E-state index >= 15 is 0 Å². The van der Waals surface area contributed by atoms with Gasteiger partial charge in [0.05, 0.1) is 23.0 Å². The summed E-state index contributed by atoms with van der Waals surface area (Å²) in [5.41, 5.74) is 4.88. The molecule has 7 heteroatoms. The van der Waals surface area contributed by atoms with Crippen LogP contribution in [0.2, 0.25) is 0 Å². The number of hydrogen-bond donors (Lipinski definition) is 0. The van der Waals surface area contributed by atoms with Crippen LogP contribution in [-0.4, -0.2) is 21.6 Å². The summed E-state index contributed by atoms with van der Waals surface area (Å²) in [6.45, 7) is 4.20. The molecule has 1 aliphatic carbocycles. The molecule has 0 radical (unpaired) electrons. The molecular formula is C22H21N3OS3. The van der Waals surface area contributed by atoms with Crippen molar-refractivity contribution in [2.24, 2.45) is 16.9 Å². The van der Waals surface area contributed by atoms with Gasteiger partial charge in [0.15, 0.2) is 0 Å². The van der Waals surface area contributed by atoms with Crippen molar-refractivity contribution in [1.29, 1.82) is 0 Å². The summed E-state index contributed by atoms with van der Waals surface area (Å²) in [6.07, 6.45) is 4.32. The van der Waals surface area contributed by atoms with Gasteiger partial charge in [-0.1, -0.05) is 19.1 Å². The number of hydrazone groups is 1. The van der Waals surface area contributed by atoms with E-state index in [1.54, 1.807) is 33.2 Å². The van der Waals surface area contributed by atoms with Gasteiger partial charge in [0.25, 0.3) is 5.91 Å².